The molecular formula is C10H10ClN3. The van der Waals surface area contributed by atoms with Crippen LogP contribution in [0.4, 0.5) is 0 Å². The van der Waals surface area contributed by atoms with Gasteiger partial charge in [-0.05, 0) is 25.1 Å². The van der Waals surface area contributed by atoms with Gasteiger partial charge >= 0.3 is 0 Å². The van der Waals surface area contributed by atoms with Crippen LogP contribution in [0.1, 0.15) is 18.7 Å². The molecule has 1 aromatic heterocycles. The second kappa shape index (κ2) is 3.52. The van der Waals surface area contributed by atoms with Crippen molar-refractivity contribution in [3.8, 4) is 0 Å². The van der Waals surface area contributed by atoms with Gasteiger partial charge in [0.05, 0.1) is 11.2 Å². The standard InChI is InChI=1S/C10H10ClN3/c1-6(12)10-8-4-7(11)2-3-9(8)13-5-14-10/h2-6H,12H2,1H3. The summed E-state index contributed by atoms with van der Waals surface area (Å²) in [5, 5.41) is 1.60. The van der Waals surface area contributed by atoms with E-state index in [-0.39, 0.29) is 6.04 Å². The molecular weight excluding hydrogens is 198 g/mol. The average molecular weight is 208 g/mol. The van der Waals surface area contributed by atoms with Crippen molar-refractivity contribution >= 4 is 22.5 Å². The second-order valence-corrected chi connectivity index (χ2v) is 3.65. The molecule has 0 radical (unpaired) electrons. The largest absolute Gasteiger partial charge is 0.323 e. The highest BCUT2D eigenvalue weighted by Gasteiger charge is 2.07. The number of fused-ring (bicyclic) bond motifs is 1. The average Bonchev–Trinajstić information content (AvgIpc) is 2.16. The molecule has 0 saturated heterocycles. The lowest BCUT2D eigenvalue weighted by molar-refractivity contribution is 0.787. The second-order valence-electron chi connectivity index (χ2n) is 3.21. The van der Waals surface area contributed by atoms with Crippen molar-refractivity contribution in [1.82, 2.24) is 9.97 Å². The number of nitrogens with zero attached hydrogens (tertiary/aromatic N) is 2. The number of aromatic nitrogens is 2. The molecule has 0 amide bonds. The van der Waals surface area contributed by atoms with E-state index in [9.17, 15) is 0 Å². The molecule has 1 atom stereocenters. The van der Waals surface area contributed by atoms with E-state index in [2.05, 4.69) is 9.97 Å². The molecule has 0 spiro atoms. The van der Waals surface area contributed by atoms with Crippen LogP contribution >= 0.6 is 11.6 Å². The highest BCUT2D eigenvalue weighted by atomic mass is 35.5. The van der Waals surface area contributed by atoms with Gasteiger partial charge in [-0.25, -0.2) is 9.97 Å². The minimum Gasteiger partial charge on any atom is -0.323 e. The first-order valence-electron chi connectivity index (χ1n) is 4.34. The number of hydrogen-bond acceptors (Lipinski definition) is 3. The first-order valence-corrected chi connectivity index (χ1v) is 4.72. The van der Waals surface area contributed by atoms with Crippen molar-refractivity contribution in [3.05, 3.63) is 35.2 Å². The summed E-state index contributed by atoms with van der Waals surface area (Å²) in [5.41, 5.74) is 7.50. The Labute approximate surface area is 86.9 Å². The first-order chi connectivity index (χ1) is 6.68. The molecule has 0 fully saturated rings. The molecule has 0 aliphatic carbocycles. The predicted octanol–water partition coefficient (Wildman–Crippen LogP) is 2.30. The maximum Gasteiger partial charge on any atom is 0.116 e. The number of hydrogen-bond donors (Lipinski definition) is 1. The highest BCUT2D eigenvalue weighted by Crippen LogP contribution is 2.22. The van der Waals surface area contributed by atoms with Gasteiger partial charge in [0.2, 0.25) is 0 Å². The fourth-order valence-corrected chi connectivity index (χ4v) is 1.58. The third-order valence-corrected chi connectivity index (χ3v) is 2.29. The van der Waals surface area contributed by atoms with Crippen LogP contribution in [0.25, 0.3) is 10.9 Å². The minimum absolute atomic E-state index is 0.112. The molecule has 14 heavy (non-hydrogen) atoms. The Morgan fingerprint density at radius 2 is 2.14 bits per heavy atom. The zero-order valence-electron chi connectivity index (χ0n) is 7.74. The lowest BCUT2D eigenvalue weighted by Gasteiger charge is -2.07. The fourth-order valence-electron chi connectivity index (χ4n) is 1.41. The zero-order chi connectivity index (χ0) is 10.1. The zero-order valence-corrected chi connectivity index (χ0v) is 8.49. The summed E-state index contributed by atoms with van der Waals surface area (Å²) in [6.45, 7) is 1.89. The molecule has 1 aromatic carbocycles. The summed E-state index contributed by atoms with van der Waals surface area (Å²) in [4.78, 5) is 8.29. The smallest absolute Gasteiger partial charge is 0.116 e. The number of nitrogens with two attached hydrogens (primary N) is 1. The molecule has 2 rings (SSSR count). The van der Waals surface area contributed by atoms with Crippen molar-refractivity contribution in [2.45, 2.75) is 13.0 Å². The summed E-state index contributed by atoms with van der Waals surface area (Å²) in [6.07, 6.45) is 1.52. The Bertz CT molecular complexity index is 468. The van der Waals surface area contributed by atoms with Gasteiger partial charge in [0.1, 0.15) is 6.33 Å². The van der Waals surface area contributed by atoms with Crippen LogP contribution in [0.15, 0.2) is 24.5 Å². The number of halogens is 1. The minimum atomic E-state index is -0.112. The molecule has 1 unspecified atom stereocenters. The van der Waals surface area contributed by atoms with E-state index in [4.69, 9.17) is 17.3 Å². The van der Waals surface area contributed by atoms with Crippen LogP contribution in [-0.4, -0.2) is 9.97 Å². The van der Waals surface area contributed by atoms with Gasteiger partial charge in [-0.2, -0.15) is 0 Å². The van der Waals surface area contributed by atoms with Gasteiger partial charge in [-0.15, -0.1) is 0 Å². The summed E-state index contributed by atoms with van der Waals surface area (Å²) in [7, 11) is 0. The molecule has 3 nitrogen and oxygen atoms in total. The molecule has 0 aliphatic rings. The van der Waals surface area contributed by atoms with Crippen molar-refractivity contribution in [2.75, 3.05) is 0 Å². The SMILES string of the molecule is CC(N)c1ncnc2ccc(Cl)cc12. The fraction of sp³-hybridized carbons (Fsp3) is 0.200. The molecule has 2 N–H and O–H groups in total. The van der Waals surface area contributed by atoms with E-state index in [1.165, 1.54) is 6.33 Å². The van der Waals surface area contributed by atoms with Crippen LogP contribution in [0.5, 0.6) is 0 Å². The van der Waals surface area contributed by atoms with Gasteiger partial charge in [0.25, 0.3) is 0 Å². The van der Waals surface area contributed by atoms with Crippen LogP contribution in [-0.2, 0) is 0 Å². The van der Waals surface area contributed by atoms with E-state index < -0.39 is 0 Å². The first kappa shape index (κ1) is 9.37. The lowest BCUT2D eigenvalue weighted by atomic mass is 10.1. The van der Waals surface area contributed by atoms with Crippen molar-refractivity contribution in [2.24, 2.45) is 5.73 Å². The van der Waals surface area contributed by atoms with E-state index in [1.54, 1.807) is 0 Å². The number of benzene rings is 1. The van der Waals surface area contributed by atoms with Gasteiger partial charge in [0.15, 0.2) is 0 Å². The third-order valence-electron chi connectivity index (χ3n) is 2.06. The van der Waals surface area contributed by atoms with E-state index in [0.29, 0.717) is 5.02 Å². The van der Waals surface area contributed by atoms with Gasteiger partial charge in [-0.1, -0.05) is 11.6 Å². The summed E-state index contributed by atoms with van der Waals surface area (Å²) in [6, 6.07) is 5.40. The van der Waals surface area contributed by atoms with Crippen LogP contribution in [0, 0.1) is 0 Å². The Morgan fingerprint density at radius 3 is 2.86 bits per heavy atom. The predicted molar refractivity (Wildman–Crippen MR) is 57.2 cm³/mol. The van der Waals surface area contributed by atoms with E-state index in [0.717, 1.165) is 16.6 Å². The third kappa shape index (κ3) is 1.56. The van der Waals surface area contributed by atoms with Gasteiger partial charge in [-0.3, -0.25) is 0 Å². The Hall–Kier alpha value is -1.19. The maximum absolute atomic E-state index is 5.90. The molecule has 2 aromatic rings. The van der Waals surface area contributed by atoms with Gasteiger partial charge < -0.3 is 5.73 Å². The van der Waals surface area contributed by atoms with E-state index >= 15 is 0 Å². The van der Waals surface area contributed by atoms with Crippen LogP contribution in [0.2, 0.25) is 5.02 Å². The van der Waals surface area contributed by atoms with Crippen molar-refractivity contribution in [3.63, 3.8) is 0 Å². The lowest BCUT2D eigenvalue weighted by Crippen LogP contribution is -2.08. The Kier molecular flexibility index (Phi) is 2.35. The topological polar surface area (TPSA) is 51.8 Å². The number of rotatable bonds is 1. The maximum atomic E-state index is 5.90. The molecule has 4 heteroatoms. The normalized spacial score (nSPS) is 13.1. The van der Waals surface area contributed by atoms with Crippen LogP contribution < -0.4 is 5.73 Å². The molecule has 0 aliphatic heterocycles. The molecule has 72 valence electrons. The van der Waals surface area contributed by atoms with Crippen molar-refractivity contribution in [1.29, 1.82) is 0 Å². The molecule has 0 bridgehead atoms. The molecule has 0 saturated carbocycles. The highest BCUT2D eigenvalue weighted by molar-refractivity contribution is 6.31. The van der Waals surface area contributed by atoms with E-state index in [1.807, 2.05) is 25.1 Å². The molecule has 1 heterocycles. The monoisotopic (exact) mass is 207 g/mol. The Balaban J connectivity index is 2.77. The summed E-state index contributed by atoms with van der Waals surface area (Å²) < 4.78 is 0. The quantitative estimate of drug-likeness (QED) is 0.781. The van der Waals surface area contributed by atoms with Crippen molar-refractivity contribution < 1.29 is 0 Å². The summed E-state index contributed by atoms with van der Waals surface area (Å²) in [5.74, 6) is 0. The summed E-state index contributed by atoms with van der Waals surface area (Å²) >= 11 is 5.90. The Morgan fingerprint density at radius 1 is 1.36 bits per heavy atom. The van der Waals surface area contributed by atoms with Gasteiger partial charge in [0, 0.05) is 16.5 Å². The van der Waals surface area contributed by atoms with Crippen LogP contribution in [0.3, 0.4) is 0 Å².